The number of aryl methyl sites for hydroxylation is 1. The molecule has 1 aromatic heterocycles. The van der Waals surface area contributed by atoms with Gasteiger partial charge in [0.1, 0.15) is 11.6 Å². The molecule has 0 unspecified atom stereocenters. The predicted molar refractivity (Wildman–Crippen MR) is 69.4 cm³/mol. The van der Waals surface area contributed by atoms with E-state index in [2.05, 4.69) is 5.10 Å². The van der Waals surface area contributed by atoms with E-state index in [0.29, 0.717) is 10.8 Å². The zero-order chi connectivity index (χ0) is 12.6. The number of halogens is 1. The summed E-state index contributed by atoms with van der Waals surface area (Å²) >= 11 is 6.05. The fourth-order valence-electron chi connectivity index (χ4n) is 1.75. The van der Waals surface area contributed by atoms with Gasteiger partial charge in [0.15, 0.2) is 0 Å². The Labute approximate surface area is 105 Å². The van der Waals surface area contributed by atoms with E-state index in [-0.39, 0.29) is 0 Å². The second-order valence-electron chi connectivity index (χ2n) is 3.86. The highest BCUT2D eigenvalue weighted by Crippen LogP contribution is 2.33. The Balaban J connectivity index is 2.62. The smallest absolute Gasteiger partial charge is 0.123 e. The summed E-state index contributed by atoms with van der Waals surface area (Å²) in [6.45, 7) is 1.97. The number of anilines is 1. The van der Waals surface area contributed by atoms with E-state index in [1.54, 1.807) is 24.9 Å². The molecule has 0 amide bonds. The minimum atomic E-state index is 0.610. The maximum Gasteiger partial charge on any atom is 0.123 e. The van der Waals surface area contributed by atoms with E-state index in [1.165, 1.54) is 0 Å². The number of rotatable bonds is 2. The van der Waals surface area contributed by atoms with E-state index in [0.717, 1.165) is 22.6 Å². The van der Waals surface area contributed by atoms with Gasteiger partial charge in [-0.05, 0) is 19.1 Å². The summed E-state index contributed by atoms with van der Waals surface area (Å²) in [5.41, 5.74) is 8.50. The van der Waals surface area contributed by atoms with Gasteiger partial charge in [-0.1, -0.05) is 11.6 Å². The normalized spacial score (nSPS) is 10.6. The molecule has 0 aliphatic carbocycles. The molecule has 90 valence electrons. The Hall–Kier alpha value is -1.68. The molecule has 0 saturated heterocycles. The number of benzene rings is 1. The summed E-state index contributed by atoms with van der Waals surface area (Å²) in [6, 6.07) is 5.46. The van der Waals surface area contributed by atoms with Crippen LogP contribution < -0.4 is 10.5 Å². The van der Waals surface area contributed by atoms with Crippen LogP contribution in [0, 0.1) is 6.92 Å². The lowest BCUT2D eigenvalue weighted by Crippen LogP contribution is -1.97. The quantitative estimate of drug-likeness (QED) is 0.893. The summed E-state index contributed by atoms with van der Waals surface area (Å²) in [7, 11) is 3.42. The van der Waals surface area contributed by atoms with Gasteiger partial charge in [0.05, 0.1) is 12.8 Å². The molecule has 1 aromatic carbocycles. The van der Waals surface area contributed by atoms with E-state index < -0.39 is 0 Å². The second kappa shape index (κ2) is 4.30. The Kier molecular flexibility index (Phi) is 2.98. The molecule has 0 spiro atoms. The van der Waals surface area contributed by atoms with Crippen molar-refractivity contribution in [3.05, 3.63) is 28.8 Å². The number of hydrogen-bond donors (Lipinski definition) is 1. The predicted octanol–water partition coefficient (Wildman–Crippen LogP) is 2.64. The van der Waals surface area contributed by atoms with Gasteiger partial charge in [-0.25, -0.2) is 0 Å². The molecule has 0 aliphatic heterocycles. The molecule has 0 aliphatic rings. The monoisotopic (exact) mass is 251 g/mol. The van der Waals surface area contributed by atoms with Crippen LogP contribution in [-0.4, -0.2) is 16.9 Å². The molecule has 2 N–H and O–H groups in total. The largest absolute Gasteiger partial charge is 0.496 e. The van der Waals surface area contributed by atoms with Crippen molar-refractivity contribution in [2.24, 2.45) is 7.05 Å². The number of nitrogens with zero attached hydrogens (tertiary/aromatic N) is 2. The number of nitrogens with two attached hydrogens (primary N) is 1. The van der Waals surface area contributed by atoms with Gasteiger partial charge in [-0.2, -0.15) is 5.10 Å². The number of aromatic nitrogens is 2. The molecule has 5 heteroatoms. The summed E-state index contributed by atoms with van der Waals surface area (Å²) < 4.78 is 6.90. The van der Waals surface area contributed by atoms with Gasteiger partial charge in [0.25, 0.3) is 0 Å². The maximum absolute atomic E-state index is 6.05. The number of methoxy groups -OCH3 is 1. The molecule has 17 heavy (non-hydrogen) atoms. The van der Waals surface area contributed by atoms with Crippen molar-refractivity contribution in [2.75, 3.05) is 12.8 Å². The first-order valence-corrected chi connectivity index (χ1v) is 5.54. The molecule has 4 nitrogen and oxygen atoms in total. The van der Waals surface area contributed by atoms with Crippen LogP contribution in [0.25, 0.3) is 11.3 Å². The van der Waals surface area contributed by atoms with Gasteiger partial charge in [-0.3, -0.25) is 4.68 Å². The van der Waals surface area contributed by atoms with E-state index in [9.17, 15) is 0 Å². The lowest BCUT2D eigenvalue weighted by molar-refractivity contribution is 0.412. The van der Waals surface area contributed by atoms with Gasteiger partial charge < -0.3 is 10.5 Å². The fourth-order valence-corrected chi connectivity index (χ4v) is 1.95. The van der Waals surface area contributed by atoms with Crippen molar-refractivity contribution < 1.29 is 4.74 Å². The fraction of sp³-hybridized carbons (Fsp3) is 0.250. The summed E-state index contributed by atoms with van der Waals surface area (Å²) in [4.78, 5) is 0. The van der Waals surface area contributed by atoms with Gasteiger partial charge in [0.2, 0.25) is 0 Å². The van der Waals surface area contributed by atoms with Crippen LogP contribution in [0.3, 0.4) is 0 Å². The third-order valence-electron chi connectivity index (χ3n) is 2.74. The molecule has 2 rings (SSSR count). The number of hydrogen-bond acceptors (Lipinski definition) is 3. The first kappa shape index (κ1) is 11.8. The van der Waals surface area contributed by atoms with Crippen LogP contribution in [0.4, 0.5) is 5.82 Å². The van der Waals surface area contributed by atoms with Crippen molar-refractivity contribution in [3.63, 3.8) is 0 Å². The van der Waals surface area contributed by atoms with Crippen LogP contribution in [0.1, 0.15) is 5.56 Å². The topological polar surface area (TPSA) is 53.1 Å². The van der Waals surface area contributed by atoms with Crippen LogP contribution in [0.2, 0.25) is 5.02 Å². The first-order chi connectivity index (χ1) is 8.02. The highest BCUT2D eigenvalue weighted by atomic mass is 35.5. The van der Waals surface area contributed by atoms with Crippen molar-refractivity contribution in [3.8, 4) is 17.0 Å². The van der Waals surface area contributed by atoms with Crippen LogP contribution >= 0.6 is 11.6 Å². The lowest BCUT2D eigenvalue weighted by Gasteiger charge is -2.09. The summed E-state index contributed by atoms with van der Waals surface area (Å²) in [5.74, 6) is 1.36. The van der Waals surface area contributed by atoms with Crippen molar-refractivity contribution in [1.82, 2.24) is 9.78 Å². The average Bonchev–Trinajstić information content (AvgIpc) is 2.62. The van der Waals surface area contributed by atoms with Crippen molar-refractivity contribution in [1.29, 1.82) is 0 Å². The Morgan fingerprint density at radius 1 is 1.35 bits per heavy atom. The third-order valence-corrected chi connectivity index (χ3v) is 2.95. The highest BCUT2D eigenvalue weighted by Gasteiger charge is 2.12. The van der Waals surface area contributed by atoms with Crippen molar-refractivity contribution in [2.45, 2.75) is 6.92 Å². The van der Waals surface area contributed by atoms with Crippen LogP contribution in [0.15, 0.2) is 18.2 Å². The average molecular weight is 252 g/mol. The highest BCUT2D eigenvalue weighted by molar-refractivity contribution is 6.31. The van der Waals surface area contributed by atoms with Gasteiger partial charge >= 0.3 is 0 Å². The Morgan fingerprint density at radius 3 is 2.59 bits per heavy atom. The van der Waals surface area contributed by atoms with Gasteiger partial charge in [-0.15, -0.1) is 0 Å². The molecule has 0 saturated carbocycles. The zero-order valence-electron chi connectivity index (χ0n) is 9.99. The molecule has 1 heterocycles. The van der Waals surface area contributed by atoms with E-state index in [4.69, 9.17) is 22.1 Å². The molecule has 0 bridgehead atoms. The SMILES string of the molecule is COc1cc(Cl)cc(-c2cc(N)n(C)n2)c1C. The Morgan fingerprint density at radius 2 is 2.06 bits per heavy atom. The lowest BCUT2D eigenvalue weighted by atomic mass is 10.0. The Bertz CT molecular complexity index is 544. The number of nitrogen functional groups attached to an aromatic ring is 1. The minimum absolute atomic E-state index is 0.610. The third kappa shape index (κ3) is 2.08. The molecule has 0 radical (unpaired) electrons. The van der Waals surface area contributed by atoms with Crippen LogP contribution in [0.5, 0.6) is 5.75 Å². The summed E-state index contributed by atoms with van der Waals surface area (Å²) in [6.07, 6.45) is 0. The molecule has 2 aromatic rings. The molecular formula is C12H14ClN3O. The first-order valence-electron chi connectivity index (χ1n) is 5.17. The van der Waals surface area contributed by atoms with Gasteiger partial charge in [0, 0.05) is 29.3 Å². The zero-order valence-corrected chi connectivity index (χ0v) is 10.7. The molecule has 0 fully saturated rings. The number of ether oxygens (including phenoxy) is 1. The summed E-state index contributed by atoms with van der Waals surface area (Å²) in [5, 5.41) is 4.95. The minimum Gasteiger partial charge on any atom is -0.496 e. The van der Waals surface area contributed by atoms with Crippen LogP contribution in [-0.2, 0) is 7.05 Å². The molecular weight excluding hydrogens is 238 g/mol. The van der Waals surface area contributed by atoms with E-state index >= 15 is 0 Å². The van der Waals surface area contributed by atoms with E-state index in [1.807, 2.05) is 19.1 Å². The molecule has 0 atom stereocenters. The standard InChI is InChI=1S/C12H14ClN3O/c1-7-9(4-8(13)5-11(7)17-3)10-6-12(14)16(2)15-10/h4-6H,14H2,1-3H3. The van der Waals surface area contributed by atoms with Crippen molar-refractivity contribution >= 4 is 17.4 Å². The maximum atomic E-state index is 6.05. The second-order valence-corrected chi connectivity index (χ2v) is 4.30.